The molecule has 0 aliphatic rings. The highest BCUT2D eigenvalue weighted by atomic mass is 79.9. The third-order valence-electron chi connectivity index (χ3n) is 1.64. The van der Waals surface area contributed by atoms with E-state index in [9.17, 15) is 0 Å². The second-order valence-electron chi connectivity index (χ2n) is 2.57. The molecule has 2 aromatic heterocycles. The maximum absolute atomic E-state index is 4.26. The molecule has 0 fully saturated rings. The van der Waals surface area contributed by atoms with E-state index in [2.05, 4.69) is 31.0 Å². The molecule has 5 heteroatoms. The Balaban J connectivity index is 2.48. The van der Waals surface area contributed by atoms with E-state index in [-0.39, 0.29) is 0 Å². The van der Waals surface area contributed by atoms with Gasteiger partial charge in [-0.25, -0.2) is 14.6 Å². The molecule has 13 heavy (non-hydrogen) atoms. The van der Waals surface area contributed by atoms with Gasteiger partial charge in [-0.2, -0.15) is 5.10 Å². The second kappa shape index (κ2) is 3.26. The molecule has 0 amide bonds. The van der Waals surface area contributed by atoms with Crippen LogP contribution >= 0.6 is 15.9 Å². The van der Waals surface area contributed by atoms with Crippen molar-refractivity contribution in [2.45, 2.75) is 6.92 Å². The standard InChI is InChI=1S/C8H7BrN4/c1-6-7(9)4-13(12-6)8-2-3-10-5-11-8/h2-5H,1H3. The van der Waals surface area contributed by atoms with Gasteiger partial charge in [0.25, 0.3) is 0 Å². The molecule has 0 aliphatic heterocycles. The van der Waals surface area contributed by atoms with Crippen LogP contribution in [0.5, 0.6) is 0 Å². The largest absolute Gasteiger partial charge is 0.245 e. The number of halogens is 1. The Morgan fingerprint density at radius 1 is 1.46 bits per heavy atom. The molecule has 4 nitrogen and oxygen atoms in total. The average molecular weight is 239 g/mol. The summed E-state index contributed by atoms with van der Waals surface area (Å²) in [6, 6.07) is 1.80. The zero-order chi connectivity index (χ0) is 9.26. The first-order valence-electron chi connectivity index (χ1n) is 3.75. The van der Waals surface area contributed by atoms with E-state index in [1.165, 1.54) is 6.33 Å². The van der Waals surface area contributed by atoms with Crippen molar-refractivity contribution in [2.75, 3.05) is 0 Å². The van der Waals surface area contributed by atoms with Gasteiger partial charge in [-0.15, -0.1) is 0 Å². The Bertz CT molecular complexity index is 390. The van der Waals surface area contributed by atoms with Crippen LogP contribution in [0, 0.1) is 6.92 Å². The van der Waals surface area contributed by atoms with Crippen LogP contribution in [-0.2, 0) is 0 Å². The fraction of sp³-hybridized carbons (Fsp3) is 0.125. The fourth-order valence-electron chi connectivity index (χ4n) is 0.976. The quantitative estimate of drug-likeness (QED) is 0.761. The first kappa shape index (κ1) is 8.37. The van der Waals surface area contributed by atoms with Gasteiger partial charge in [0.05, 0.1) is 10.2 Å². The zero-order valence-electron chi connectivity index (χ0n) is 6.98. The van der Waals surface area contributed by atoms with E-state index in [0.717, 1.165) is 16.0 Å². The third kappa shape index (κ3) is 1.60. The normalized spacial score (nSPS) is 10.3. The molecule has 2 rings (SSSR count). The van der Waals surface area contributed by atoms with Crippen LogP contribution in [0.1, 0.15) is 5.69 Å². The van der Waals surface area contributed by atoms with Crippen LogP contribution < -0.4 is 0 Å². The van der Waals surface area contributed by atoms with Gasteiger partial charge in [-0.1, -0.05) is 0 Å². The summed E-state index contributed by atoms with van der Waals surface area (Å²) < 4.78 is 2.69. The lowest BCUT2D eigenvalue weighted by Crippen LogP contribution is -1.97. The first-order chi connectivity index (χ1) is 6.27. The van der Waals surface area contributed by atoms with E-state index in [4.69, 9.17) is 0 Å². The van der Waals surface area contributed by atoms with Gasteiger partial charge in [-0.3, -0.25) is 0 Å². The smallest absolute Gasteiger partial charge is 0.156 e. The minimum Gasteiger partial charge on any atom is -0.245 e. The van der Waals surface area contributed by atoms with Crippen LogP contribution in [0.15, 0.2) is 29.3 Å². The summed E-state index contributed by atoms with van der Waals surface area (Å²) in [5, 5.41) is 4.26. The summed E-state index contributed by atoms with van der Waals surface area (Å²) in [5.74, 6) is 0.767. The van der Waals surface area contributed by atoms with Crippen molar-refractivity contribution in [1.29, 1.82) is 0 Å². The predicted molar refractivity (Wildman–Crippen MR) is 51.6 cm³/mol. The first-order valence-corrected chi connectivity index (χ1v) is 4.55. The maximum atomic E-state index is 4.26. The van der Waals surface area contributed by atoms with Crippen molar-refractivity contribution >= 4 is 15.9 Å². The summed E-state index contributed by atoms with van der Waals surface area (Å²) >= 11 is 3.39. The summed E-state index contributed by atoms with van der Waals surface area (Å²) in [6.45, 7) is 1.93. The van der Waals surface area contributed by atoms with Crippen molar-refractivity contribution in [3.05, 3.63) is 35.0 Å². The number of hydrogen-bond acceptors (Lipinski definition) is 3. The van der Waals surface area contributed by atoms with Gasteiger partial charge in [0.1, 0.15) is 6.33 Å². The van der Waals surface area contributed by atoms with Gasteiger partial charge in [-0.05, 0) is 22.9 Å². The Labute approximate surface area is 83.8 Å². The number of nitrogens with zero attached hydrogens (tertiary/aromatic N) is 4. The third-order valence-corrected chi connectivity index (χ3v) is 2.42. The fourth-order valence-corrected chi connectivity index (χ4v) is 1.25. The molecule has 66 valence electrons. The molecular weight excluding hydrogens is 232 g/mol. The van der Waals surface area contributed by atoms with Gasteiger partial charge >= 0.3 is 0 Å². The minimum atomic E-state index is 0.767. The molecule has 2 heterocycles. The van der Waals surface area contributed by atoms with Crippen LogP contribution in [0.3, 0.4) is 0 Å². The molecule has 0 bridgehead atoms. The van der Waals surface area contributed by atoms with Gasteiger partial charge < -0.3 is 0 Å². The lowest BCUT2D eigenvalue weighted by molar-refractivity contribution is 0.826. The molecule has 0 saturated heterocycles. The number of rotatable bonds is 1. The van der Waals surface area contributed by atoms with Gasteiger partial charge in [0.2, 0.25) is 0 Å². The van der Waals surface area contributed by atoms with Crippen LogP contribution in [0.25, 0.3) is 5.82 Å². The number of hydrogen-bond donors (Lipinski definition) is 0. The van der Waals surface area contributed by atoms with Crippen molar-refractivity contribution in [1.82, 2.24) is 19.7 Å². The van der Waals surface area contributed by atoms with Crippen molar-refractivity contribution < 1.29 is 0 Å². The Hall–Kier alpha value is -1.23. The lowest BCUT2D eigenvalue weighted by Gasteiger charge is -1.96. The average Bonchev–Trinajstić information content (AvgIpc) is 2.49. The van der Waals surface area contributed by atoms with Crippen LogP contribution in [0.4, 0.5) is 0 Å². The van der Waals surface area contributed by atoms with Crippen molar-refractivity contribution in [3.8, 4) is 5.82 Å². The van der Waals surface area contributed by atoms with Gasteiger partial charge in [0, 0.05) is 18.5 Å². The van der Waals surface area contributed by atoms with E-state index in [1.807, 2.05) is 13.1 Å². The SMILES string of the molecule is Cc1nn(-c2ccncn2)cc1Br. The van der Waals surface area contributed by atoms with E-state index in [0.29, 0.717) is 0 Å². The number of aryl methyl sites for hydroxylation is 1. The van der Waals surface area contributed by atoms with E-state index in [1.54, 1.807) is 16.9 Å². The molecule has 0 aliphatic carbocycles. The molecule has 0 radical (unpaired) electrons. The molecule has 2 aromatic rings. The highest BCUT2D eigenvalue weighted by Crippen LogP contribution is 2.15. The van der Waals surface area contributed by atoms with Crippen molar-refractivity contribution in [3.63, 3.8) is 0 Å². The summed E-state index contributed by atoms with van der Waals surface area (Å²) in [6.07, 6.45) is 5.06. The zero-order valence-corrected chi connectivity index (χ0v) is 8.56. The van der Waals surface area contributed by atoms with Crippen LogP contribution in [-0.4, -0.2) is 19.7 Å². The molecule has 0 saturated carbocycles. The molecule has 0 atom stereocenters. The topological polar surface area (TPSA) is 43.6 Å². The molecule has 0 aromatic carbocycles. The monoisotopic (exact) mass is 238 g/mol. The minimum absolute atomic E-state index is 0.767. The Morgan fingerprint density at radius 2 is 2.31 bits per heavy atom. The molecular formula is C8H7BrN4. The van der Waals surface area contributed by atoms with E-state index < -0.39 is 0 Å². The van der Waals surface area contributed by atoms with Crippen molar-refractivity contribution in [2.24, 2.45) is 0 Å². The Kier molecular flexibility index (Phi) is 2.10. The summed E-state index contributed by atoms with van der Waals surface area (Å²) in [7, 11) is 0. The van der Waals surface area contributed by atoms with Crippen LogP contribution in [0.2, 0.25) is 0 Å². The Morgan fingerprint density at radius 3 is 2.85 bits per heavy atom. The molecule has 0 unspecified atom stereocenters. The van der Waals surface area contributed by atoms with Gasteiger partial charge in [0.15, 0.2) is 5.82 Å². The highest BCUT2D eigenvalue weighted by Gasteiger charge is 2.03. The maximum Gasteiger partial charge on any atom is 0.156 e. The second-order valence-corrected chi connectivity index (χ2v) is 3.43. The molecule has 0 spiro atoms. The number of aromatic nitrogens is 4. The van der Waals surface area contributed by atoms with E-state index >= 15 is 0 Å². The lowest BCUT2D eigenvalue weighted by atomic mass is 10.5. The highest BCUT2D eigenvalue weighted by molar-refractivity contribution is 9.10. The predicted octanol–water partition coefficient (Wildman–Crippen LogP) is 1.73. The molecule has 0 N–H and O–H groups in total. The summed E-state index contributed by atoms with van der Waals surface area (Å²) in [5.41, 5.74) is 0.943. The summed E-state index contributed by atoms with van der Waals surface area (Å²) in [4.78, 5) is 7.91.